The quantitative estimate of drug-likeness (QED) is 0.905. The molecule has 1 amide bonds. The van der Waals surface area contributed by atoms with Gasteiger partial charge in [0.05, 0.1) is 23.5 Å². The molecule has 1 aliphatic rings. The first-order chi connectivity index (χ1) is 9.95. The Morgan fingerprint density at radius 3 is 2.76 bits per heavy atom. The number of methoxy groups -OCH3 is 1. The molecule has 0 radical (unpaired) electrons. The Hall–Kier alpha value is -1.56. The van der Waals surface area contributed by atoms with E-state index >= 15 is 0 Å². The van der Waals surface area contributed by atoms with Crippen molar-refractivity contribution in [2.45, 2.75) is 25.3 Å². The van der Waals surface area contributed by atoms with Crippen LogP contribution in [0.1, 0.15) is 30.9 Å². The van der Waals surface area contributed by atoms with Gasteiger partial charge in [-0.25, -0.2) is 0 Å². The lowest BCUT2D eigenvalue weighted by Gasteiger charge is -2.31. The molecule has 6 heteroatoms. The Kier molecular flexibility index (Phi) is 4.88. The van der Waals surface area contributed by atoms with E-state index in [1.807, 2.05) is 12.1 Å². The van der Waals surface area contributed by atoms with Crippen LogP contribution in [0.5, 0.6) is 5.75 Å². The average Bonchev–Trinajstić information content (AvgIpc) is 2.59. The van der Waals surface area contributed by atoms with Crippen molar-refractivity contribution < 1.29 is 19.4 Å². The summed E-state index contributed by atoms with van der Waals surface area (Å²) in [6.45, 7) is 0. The summed E-state index contributed by atoms with van der Waals surface area (Å²) in [7, 11) is 3.24. The summed E-state index contributed by atoms with van der Waals surface area (Å²) in [4.78, 5) is 25.2. The Morgan fingerprint density at radius 1 is 1.48 bits per heavy atom. The molecule has 1 fully saturated rings. The Morgan fingerprint density at radius 2 is 2.19 bits per heavy atom. The number of ether oxygens (including phenoxy) is 1. The van der Waals surface area contributed by atoms with E-state index in [0.29, 0.717) is 25.0 Å². The van der Waals surface area contributed by atoms with E-state index in [-0.39, 0.29) is 5.91 Å². The Balaban J connectivity index is 2.45. The van der Waals surface area contributed by atoms with Crippen LogP contribution in [0, 0.1) is 5.92 Å². The summed E-state index contributed by atoms with van der Waals surface area (Å²) in [5.74, 6) is -0.806. The van der Waals surface area contributed by atoms with E-state index in [4.69, 9.17) is 4.74 Å². The van der Waals surface area contributed by atoms with Gasteiger partial charge < -0.3 is 14.7 Å². The van der Waals surface area contributed by atoms with Gasteiger partial charge in [0.25, 0.3) is 0 Å². The lowest BCUT2D eigenvalue weighted by molar-refractivity contribution is -0.145. The van der Waals surface area contributed by atoms with E-state index < -0.39 is 17.9 Å². The van der Waals surface area contributed by atoms with Gasteiger partial charge in [-0.2, -0.15) is 0 Å². The van der Waals surface area contributed by atoms with Crippen molar-refractivity contribution in [1.29, 1.82) is 0 Å². The number of carboxylic acids is 1. The van der Waals surface area contributed by atoms with Gasteiger partial charge in [0.1, 0.15) is 5.75 Å². The van der Waals surface area contributed by atoms with Crippen molar-refractivity contribution in [3.63, 3.8) is 0 Å². The van der Waals surface area contributed by atoms with Gasteiger partial charge in [-0.1, -0.05) is 6.07 Å². The monoisotopic (exact) mass is 355 g/mol. The second-order valence-corrected chi connectivity index (χ2v) is 6.03. The SMILES string of the molecule is COc1ccc(C2C(C(=O)O)CCCC(=O)N2C)cc1Br. The zero-order valence-electron chi connectivity index (χ0n) is 12.0. The largest absolute Gasteiger partial charge is 0.496 e. The summed E-state index contributed by atoms with van der Waals surface area (Å²) in [5.41, 5.74) is 0.799. The third kappa shape index (κ3) is 3.20. The molecule has 0 spiro atoms. The van der Waals surface area contributed by atoms with Gasteiger partial charge in [-0.3, -0.25) is 9.59 Å². The van der Waals surface area contributed by atoms with E-state index in [0.717, 1.165) is 10.0 Å². The zero-order chi connectivity index (χ0) is 15.6. The minimum Gasteiger partial charge on any atom is -0.496 e. The molecule has 2 atom stereocenters. The number of halogens is 1. The number of nitrogens with zero attached hydrogens (tertiary/aromatic N) is 1. The fourth-order valence-electron chi connectivity index (χ4n) is 2.81. The molecule has 1 aromatic rings. The molecular formula is C15H18BrNO4. The van der Waals surface area contributed by atoms with Gasteiger partial charge in [-0.15, -0.1) is 0 Å². The number of rotatable bonds is 3. The maximum atomic E-state index is 12.1. The highest BCUT2D eigenvalue weighted by Crippen LogP contribution is 2.37. The summed E-state index contributed by atoms with van der Waals surface area (Å²) >= 11 is 3.41. The summed E-state index contributed by atoms with van der Waals surface area (Å²) < 4.78 is 5.94. The normalized spacial score (nSPS) is 22.8. The molecule has 2 rings (SSSR count). The van der Waals surface area contributed by atoms with E-state index in [1.54, 1.807) is 25.1 Å². The minimum atomic E-state index is -0.867. The summed E-state index contributed by atoms with van der Waals surface area (Å²) in [5, 5.41) is 9.49. The molecule has 1 aromatic carbocycles. The number of carbonyl (C=O) groups excluding carboxylic acids is 1. The molecule has 1 heterocycles. The molecule has 0 saturated carbocycles. The smallest absolute Gasteiger partial charge is 0.308 e. The Labute approximate surface area is 132 Å². The van der Waals surface area contributed by atoms with Gasteiger partial charge in [-0.05, 0) is 46.5 Å². The van der Waals surface area contributed by atoms with Crippen LogP contribution >= 0.6 is 15.9 Å². The minimum absolute atomic E-state index is 0.0179. The Bertz CT molecular complexity index is 561. The molecular weight excluding hydrogens is 338 g/mol. The van der Waals surface area contributed by atoms with Gasteiger partial charge in [0.15, 0.2) is 0 Å². The molecule has 2 unspecified atom stereocenters. The molecule has 0 bridgehead atoms. The van der Waals surface area contributed by atoms with Crippen molar-refractivity contribution in [2.24, 2.45) is 5.92 Å². The third-order valence-corrected chi connectivity index (χ3v) is 4.55. The molecule has 114 valence electrons. The standard InChI is InChI=1S/C15H18BrNO4/c1-17-13(18)5-3-4-10(15(19)20)14(17)9-6-7-12(21-2)11(16)8-9/h6-8,10,14H,3-5H2,1-2H3,(H,19,20). The van der Waals surface area contributed by atoms with Gasteiger partial charge >= 0.3 is 5.97 Å². The van der Waals surface area contributed by atoms with Crippen LogP contribution in [-0.4, -0.2) is 36.0 Å². The van der Waals surface area contributed by atoms with Crippen LogP contribution in [0.3, 0.4) is 0 Å². The van der Waals surface area contributed by atoms with Crippen LogP contribution in [0.4, 0.5) is 0 Å². The topological polar surface area (TPSA) is 66.8 Å². The lowest BCUT2D eigenvalue weighted by atomic mass is 9.89. The van der Waals surface area contributed by atoms with Crippen LogP contribution in [0.25, 0.3) is 0 Å². The first kappa shape index (κ1) is 15.8. The molecule has 1 saturated heterocycles. The number of carbonyl (C=O) groups is 2. The van der Waals surface area contributed by atoms with Gasteiger partial charge in [0.2, 0.25) is 5.91 Å². The van der Waals surface area contributed by atoms with E-state index in [9.17, 15) is 14.7 Å². The maximum absolute atomic E-state index is 12.1. The first-order valence-electron chi connectivity index (χ1n) is 6.77. The highest BCUT2D eigenvalue weighted by atomic mass is 79.9. The number of carboxylic acid groups (broad SMARTS) is 1. The first-order valence-corrected chi connectivity index (χ1v) is 7.57. The predicted molar refractivity (Wildman–Crippen MR) is 81.2 cm³/mol. The second kappa shape index (κ2) is 6.47. The highest BCUT2D eigenvalue weighted by molar-refractivity contribution is 9.10. The number of hydrogen-bond donors (Lipinski definition) is 1. The fourth-order valence-corrected chi connectivity index (χ4v) is 3.37. The van der Waals surface area contributed by atoms with Crippen LogP contribution < -0.4 is 4.74 Å². The molecule has 1 N–H and O–H groups in total. The fraction of sp³-hybridized carbons (Fsp3) is 0.467. The molecule has 0 aromatic heterocycles. The number of amides is 1. The maximum Gasteiger partial charge on any atom is 0.308 e. The molecule has 21 heavy (non-hydrogen) atoms. The molecule has 1 aliphatic heterocycles. The molecule has 0 aliphatic carbocycles. The number of benzene rings is 1. The van der Waals surface area contributed by atoms with Gasteiger partial charge in [0, 0.05) is 13.5 Å². The molecule has 5 nitrogen and oxygen atoms in total. The van der Waals surface area contributed by atoms with Crippen molar-refractivity contribution in [2.75, 3.05) is 14.2 Å². The second-order valence-electron chi connectivity index (χ2n) is 5.18. The zero-order valence-corrected chi connectivity index (χ0v) is 13.6. The van der Waals surface area contributed by atoms with Crippen LogP contribution in [0.15, 0.2) is 22.7 Å². The van der Waals surface area contributed by atoms with Crippen molar-refractivity contribution >= 4 is 27.8 Å². The summed E-state index contributed by atoms with van der Waals surface area (Å²) in [6, 6.07) is 4.97. The highest BCUT2D eigenvalue weighted by Gasteiger charge is 2.37. The number of likely N-dealkylation sites (tertiary alicyclic amines) is 1. The van der Waals surface area contributed by atoms with E-state index in [2.05, 4.69) is 15.9 Å². The number of aliphatic carboxylic acids is 1. The lowest BCUT2D eigenvalue weighted by Crippen LogP contribution is -2.36. The average molecular weight is 356 g/mol. The predicted octanol–water partition coefficient (Wildman–Crippen LogP) is 2.84. The van der Waals surface area contributed by atoms with Crippen LogP contribution in [-0.2, 0) is 9.59 Å². The van der Waals surface area contributed by atoms with Crippen molar-refractivity contribution in [1.82, 2.24) is 4.90 Å². The summed E-state index contributed by atoms with van der Waals surface area (Å²) in [6.07, 6.45) is 1.50. The van der Waals surface area contributed by atoms with Crippen molar-refractivity contribution in [3.8, 4) is 5.75 Å². The number of hydrogen-bond acceptors (Lipinski definition) is 3. The third-order valence-electron chi connectivity index (χ3n) is 3.93. The van der Waals surface area contributed by atoms with E-state index in [1.165, 1.54) is 0 Å². The van der Waals surface area contributed by atoms with Crippen LogP contribution in [0.2, 0.25) is 0 Å². The van der Waals surface area contributed by atoms with Crippen molar-refractivity contribution in [3.05, 3.63) is 28.2 Å².